The number of pyridine rings is 1. The number of nitrogens with two attached hydrogens (primary N) is 2. The van der Waals surface area contributed by atoms with Gasteiger partial charge in [0.25, 0.3) is 0 Å². The number of hydrogen-bond donors (Lipinski definition) is 4. The number of cyclic esters (lactones) is 1. The molecule has 0 spiro atoms. The first-order valence-electron chi connectivity index (χ1n) is 10.6. The first-order chi connectivity index (χ1) is 16.1. The number of anilines is 1. The molecule has 2 heterocycles. The Morgan fingerprint density at radius 3 is 2.56 bits per heavy atom. The Labute approximate surface area is 198 Å². The minimum Gasteiger partial charge on any atom is -0.442 e. The van der Waals surface area contributed by atoms with Gasteiger partial charge in [-0.05, 0) is 45.3 Å². The van der Waals surface area contributed by atoms with Gasteiger partial charge in [0.2, 0.25) is 5.91 Å². The number of carbonyl (C=O) groups is 2. The lowest BCUT2D eigenvalue weighted by atomic mass is 10.1. The number of aromatic nitrogens is 1. The van der Waals surface area contributed by atoms with Crippen molar-refractivity contribution in [2.45, 2.75) is 26.5 Å². The minimum atomic E-state index is -0.558. The molecule has 1 aromatic heterocycles. The van der Waals surface area contributed by atoms with Crippen LogP contribution in [0.3, 0.4) is 0 Å². The summed E-state index contributed by atoms with van der Waals surface area (Å²) in [5.41, 5.74) is 10.5. The molecule has 0 saturated carbocycles. The first kappa shape index (κ1) is 26.6. The van der Waals surface area contributed by atoms with Crippen LogP contribution < -0.4 is 27.2 Å². The molecule has 2 aromatic rings. The van der Waals surface area contributed by atoms with Crippen molar-refractivity contribution in [2.75, 3.05) is 32.1 Å². The summed E-state index contributed by atoms with van der Waals surface area (Å²) in [4.78, 5) is 30.8. The van der Waals surface area contributed by atoms with Gasteiger partial charge in [-0.15, -0.1) is 0 Å². The van der Waals surface area contributed by atoms with Crippen LogP contribution in [0.25, 0.3) is 11.1 Å². The molecule has 1 aliphatic rings. The lowest BCUT2D eigenvalue weighted by Gasteiger charge is -2.15. The zero-order chi connectivity index (χ0) is 25.3. The number of allylic oxidation sites excluding steroid dienone is 1. The van der Waals surface area contributed by atoms with Crippen molar-refractivity contribution >= 4 is 17.7 Å². The molecule has 3 rings (SSSR count). The number of nitrogens with zero attached hydrogens (tertiary/aromatic N) is 3. The SMILES string of the molecule is C/C(=C/N)NN.CC(=O)NCC1CN(c2ccc(-c3ccc(CN(C)C)nc3)c(F)c2)C(=O)O1. The molecule has 11 heteroatoms. The Morgan fingerprint density at radius 2 is 2.06 bits per heavy atom. The van der Waals surface area contributed by atoms with E-state index in [1.165, 1.54) is 24.1 Å². The normalized spacial score (nSPS) is 15.5. The van der Waals surface area contributed by atoms with E-state index in [2.05, 4.69) is 15.7 Å². The van der Waals surface area contributed by atoms with Crippen LogP contribution >= 0.6 is 0 Å². The smallest absolute Gasteiger partial charge is 0.414 e. The predicted octanol–water partition coefficient (Wildman–Crippen LogP) is 1.68. The van der Waals surface area contributed by atoms with Crippen molar-refractivity contribution < 1.29 is 18.7 Å². The van der Waals surface area contributed by atoms with E-state index >= 15 is 0 Å². The molecule has 1 aromatic carbocycles. The summed E-state index contributed by atoms with van der Waals surface area (Å²) in [6.45, 7) is 4.35. The summed E-state index contributed by atoms with van der Waals surface area (Å²) in [7, 11) is 3.91. The van der Waals surface area contributed by atoms with E-state index in [9.17, 15) is 14.0 Å². The number of rotatable bonds is 7. The predicted molar refractivity (Wildman–Crippen MR) is 129 cm³/mol. The molecule has 1 aliphatic heterocycles. The highest BCUT2D eigenvalue weighted by Gasteiger charge is 2.32. The van der Waals surface area contributed by atoms with Gasteiger partial charge in [0.15, 0.2) is 0 Å². The van der Waals surface area contributed by atoms with Gasteiger partial charge in [-0.25, -0.2) is 9.18 Å². The van der Waals surface area contributed by atoms with Crippen LogP contribution in [0, 0.1) is 5.82 Å². The summed E-state index contributed by atoms with van der Waals surface area (Å²) in [6, 6.07) is 8.31. The van der Waals surface area contributed by atoms with Gasteiger partial charge in [0.1, 0.15) is 11.9 Å². The zero-order valence-corrected chi connectivity index (χ0v) is 19.8. The molecule has 1 fully saturated rings. The Kier molecular flexibility index (Phi) is 9.77. The van der Waals surface area contributed by atoms with Gasteiger partial charge in [-0.2, -0.15) is 0 Å². The standard InChI is InChI=1S/C20H23FN4O3.C3H9N3/c1-13(26)22-10-17-12-25(20(27)28-17)16-6-7-18(19(21)8-16)14-4-5-15(23-9-14)11-24(2)3;1-3(2-4)6-5/h4-9,17H,10-12H2,1-3H3,(H,22,26);2,6H,4-5H2,1H3/b;3-2-. The Bertz CT molecular complexity index is 1010. The van der Waals surface area contributed by atoms with E-state index in [-0.39, 0.29) is 19.0 Å². The average Bonchev–Trinajstić information content (AvgIpc) is 3.18. The van der Waals surface area contributed by atoms with Crippen molar-refractivity contribution in [1.82, 2.24) is 20.6 Å². The highest BCUT2D eigenvalue weighted by molar-refractivity contribution is 5.90. The van der Waals surface area contributed by atoms with Gasteiger partial charge in [0, 0.05) is 42.7 Å². The van der Waals surface area contributed by atoms with Crippen LogP contribution in [-0.2, 0) is 16.1 Å². The van der Waals surface area contributed by atoms with E-state index in [0.29, 0.717) is 23.4 Å². The molecule has 6 N–H and O–H groups in total. The number of hydrazine groups is 1. The molecule has 1 saturated heterocycles. The van der Waals surface area contributed by atoms with Crippen molar-refractivity contribution in [2.24, 2.45) is 11.6 Å². The van der Waals surface area contributed by atoms with Crippen LogP contribution in [0.5, 0.6) is 0 Å². The number of carbonyl (C=O) groups excluding carboxylic acids is 2. The van der Waals surface area contributed by atoms with Crippen LogP contribution in [-0.4, -0.2) is 55.2 Å². The lowest BCUT2D eigenvalue weighted by Crippen LogP contribution is -2.33. The summed E-state index contributed by atoms with van der Waals surface area (Å²) < 4.78 is 19.9. The molecule has 0 aliphatic carbocycles. The van der Waals surface area contributed by atoms with E-state index in [4.69, 9.17) is 16.3 Å². The van der Waals surface area contributed by atoms with Crippen molar-refractivity contribution in [1.29, 1.82) is 0 Å². The summed E-state index contributed by atoms with van der Waals surface area (Å²) >= 11 is 0. The fourth-order valence-electron chi connectivity index (χ4n) is 3.05. The molecule has 10 nitrogen and oxygen atoms in total. The first-order valence-corrected chi connectivity index (χ1v) is 10.6. The second-order valence-electron chi connectivity index (χ2n) is 7.99. The van der Waals surface area contributed by atoms with Crippen molar-refractivity contribution in [3.05, 3.63) is 59.9 Å². The summed E-state index contributed by atoms with van der Waals surface area (Å²) in [6.07, 6.45) is 2.02. The molecule has 184 valence electrons. The fraction of sp³-hybridized carbons (Fsp3) is 0.348. The van der Waals surface area contributed by atoms with Crippen LogP contribution in [0.15, 0.2) is 48.4 Å². The van der Waals surface area contributed by atoms with Crippen LogP contribution in [0.1, 0.15) is 19.5 Å². The molecule has 2 amide bonds. The largest absolute Gasteiger partial charge is 0.442 e. The van der Waals surface area contributed by atoms with Crippen LogP contribution in [0.4, 0.5) is 14.9 Å². The quantitative estimate of drug-likeness (QED) is 0.352. The average molecular weight is 474 g/mol. The maximum atomic E-state index is 14.7. The topological polar surface area (TPSA) is 139 Å². The van der Waals surface area contributed by atoms with Gasteiger partial charge in [-0.1, -0.05) is 6.07 Å². The van der Waals surface area contributed by atoms with Crippen molar-refractivity contribution in [3.8, 4) is 11.1 Å². The number of benzene rings is 1. The summed E-state index contributed by atoms with van der Waals surface area (Å²) in [5, 5.41) is 2.61. The second kappa shape index (κ2) is 12.5. The molecular weight excluding hydrogens is 441 g/mol. The molecule has 1 unspecified atom stereocenters. The fourth-order valence-corrected chi connectivity index (χ4v) is 3.05. The maximum Gasteiger partial charge on any atom is 0.414 e. The summed E-state index contributed by atoms with van der Waals surface area (Å²) in [5.74, 6) is 4.24. The Hall–Kier alpha value is -3.70. The molecular formula is C23H32FN7O3. The van der Waals surface area contributed by atoms with Gasteiger partial charge in [0.05, 0.1) is 24.5 Å². The Morgan fingerprint density at radius 1 is 1.32 bits per heavy atom. The molecule has 1 atom stereocenters. The van der Waals surface area contributed by atoms with E-state index in [1.807, 2.05) is 31.1 Å². The van der Waals surface area contributed by atoms with E-state index in [0.717, 1.165) is 11.4 Å². The highest BCUT2D eigenvalue weighted by atomic mass is 19.1. The zero-order valence-electron chi connectivity index (χ0n) is 19.8. The lowest BCUT2D eigenvalue weighted by molar-refractivity contribution is -0.119. The van der Waals surface area contributed by atoms with Gasteiger partial charge in [-0.3, -0.25) is 20.5 Å². The van der Waals surface area contributed by atoms with Gasteiger partial charge >= 0.3 is 6.09 Å². The Balaban J connectivity index is 0.000000604. The number of hydrogen-bond acceptors (Lipinski definition) is 8. The second-order valence-corrected chi connectivity index (χ2v) is 7.99. The number of amides is 2. The van der Waals surface area contributed by atoms with E-state index in [1.54, 1.807) is 25.3 Å². The monoisotopic (exact) mass is 473 g/mol. The molecule has 34 heavy (non-hydrogen) atoms. The van der Waals surface area contributed by atoms with Crippen LogP contribution in [0.2, 0.25) is 0 Å². The maximum absolute atomic E-state index is 14.7. The number of halogens is 1. The highest BCUT2D eigenvalue weighted by Crippen LogP contribution is 2.29. The van der Waals surface area contributed by atoms with Gasteiger partial charge < -0.3 is 26.1 Å². The molecule has 0 radical (unpaired) electrons. The third kappa shape index (κ3) is 7.71. The third-order valence-electron chi connectivity index (χ3n) is 4.81. The minimum absolute atomic E-state index is 0.199. The number of ether oxygens (including phenoxy) is 1. The molecule has 0 bridgehead atoms. The van der Waals surface area contributed by atoms with E-state index < -0.39 is 18.0 Å². The third-order valence-corrected chi connectivity index (χ3v) is 4.81. The van der Waals surface area contributed by atoms with Crippen molar-refractivity contribution in [3.63, 3.8) is 0 Å². The number of nitrogens with one attached hydrogen (secondary N) is 2.